The molecule has 0 saturated carbocycles. The number of hydrogen-bond donors (Lipinski definition) is 0. The molecule has 0 N–H and O–H groups in total. The van der Waals surface area contributed by atoms with E-state index < -0.39 is 11.6 Å². The fourth-order valence-electron chi connectivity index (χ4n) is 3.48. The van der Waals surface area contributed by atoms with Gasteiger partial charge in [0.2, 0.25) is 0 Å². The number of fused-ring (bicyclic) bond motifs is 1. The Hall–Kier alpha value is -1.79. The van der Waals surface area contributed by atoms with Gasteiger partial charge in [0, 0.05) is 42.9 Å². The average molecular weight is 320 g/mol. The maximum Gasteiger partial charge on any atom is 0.185 e. The first kappa shape index (κ1) is 14.8. The summed E-state index contributed by atoms with van der Waals surface area (Å²) in [6, 6.07) is 4.68. The lowest BCUT2D eigenvalue weighted by atomic mass is 9.99. The molecule has 2 saturated heterocycles. The third-order valence-corrected chi connectivity index (χ3v) is 4.64. The molecule has 23 heavy (non-hydrogen) atoms. The van der Waals surface area contributed by atoms with Crippen LogP contribution in [-0.2, 0) is 9.47 Å². The number of morpholine rings is 1. The molecule has 4 nitrogen and oxygen atoms in total. The van der Waals surface area contributed by atoms with Crippen LogP contribution in [0.25, 0.3) is 10.9 Å². The van der Waals surface area contributed by atoms with Gasteiger partial charge < -0.3 is 14.4 Å². The Morgan fingerprint density at radius 1 is 1.26 bits per heavy atom. The van der Waals surface area contributed by atoms with E-state index in [0.717, 1.165) is 18.2 Å². The van der Waals surface area contributed by atoms with Crippen molar-refractivity contribution in [1.82, 2.24) is 4.98 Å². The van der Waals surface area contributed by atoms with Crippen molar-refractivity contribution >= 4 is 16.6 Å². The molecular weight excluding hydrogens is 302 g/mol. The third-order valence-electron chi connectivity index (χ3n) is 4.64. The van der Waals surface area contributed by atoms with Crippen LogP contribution in [0.4, 0.5) is 14.5 Å². The fraction of sp³-hybridized carbons (Fsp3) is 0.471. The first-order valence-electron chi connectivity index (χ1n) is 7.80. The topological polar surface area (TPSA) is 34.6 Å². The van der Waals surface area contributed by atoms with Gasteiger partial charge >= 0.3 is 0 Å². The number of aromatic nitrogens is 1. The quantitative estimate of drug-likeness (QED) is 0.809. The van der Waals surface area contributed by atoms with Crippen molar-refractivity contribution in [2.75, 3.05) is 37.8 Å². The Kier molecular flexibility index (Phi) is 3.46. The van der Waals surface area contributed by atoms with Crippen molar-refractivity contribution in [2.45, 2.75) is 18.9 Å². The molecule has 6 heteroatoms. The smallest absolute Gasteiger partial charge is 0.185 e. The van der Waals surface area contributed by atoms with E-state index in [4.69, 9.17) is 9.47 Å². The van der Waals surface area contributed by atoms with Crippen LogP contribution >= 0.6 is 0 Å². The SMILES string of the molecule is Cc1cc(N2CCOC3(CCOC3)C2)c2ccc(F)c(F)c2n1. The lowest BCUT2D eigenvalue weighted by molar-refractivity contribution is -0.0578. The van der Waals surface area contributed by atoms with E-state index in [9.17, 15) is 8.78 Å². The molecule has 2 aliphatic rings. The van der Waals surface area contributed by atoms with Gasteiger partial charge in [0.15, 0.2) is 11.6 Å². The van der Waals surface area contributed by atoms with E-state index in [1.165, 1.54) is 0 Å². The summed E-state index contributed by atoms with van der Waals surface area (Å²) in [6.45, 7) is 5.06. The summed E-state index contributed by atoms with van der Waals surface area (Å²) in [4.78, 5) is 6.36. The van der Waals surface area contributed by atoms with Gasteiger partial charge in [-0.25, -0.2) is 13.8 Å². The molecular formula is C17H18F2N2O2. The molecule has 1 aromatic heterocycles. The molecule has 1 spiro atoms. The molecule has 0 radical (unpaired) electrons. The maximum absolute atomic E-state index is 14.1. The zero-order valence-corrected chi connectivity index (χ0v) is 12.9. The summed E-state index contributed by atoms with van der Waals surface area (Å²) < 4.78 is 39.1. The second-order valence-electron chi connectivity index (χ2n) is 6.30. The molecule has 0 bridgehead atoms. The molecule has 4 rings (SSSR count). The first-order chi connectivity index (χ1) is 11.1. The van der Waals surface area contributed by atoms with Crippen molar-refractivity contribution < 1.29 is 18.3 Å². The Morgan fingerprint density at radius 3 is 2.91 bits per heavy atom. The minimum absolute atomic E-state index is 0.0863. The summed E-state index contributed by atoms with van der Waals surface area (Å²) >= 11 is 0. The number of pyridine rings is 1. The number of aryl methyl sites for hydroxylation is 1. The van der Waals surface area contributed by atoms with Crippen LogP contribution in [0.5, 0.6) is 0 Å². The first-order valence-corrected chi connectivity index (χ1v) is 7.80. The van der Waals surface area contributed by atoms with E-state index in [1.54, 1.807) is 13.0 Å². The molecule has 3 heterocycles. The monoisotopic (exact) mass is 320 g/mol. The minimum Gasteiger partial charge on any atom is -0.378 e. The lowest BCUT2D eigenvalue weighted by Crippen LogP contribution is -2.52. The van der Waals surface area contributed by atoms with E-state index in [0.29, 0.717) is 44.0 Å². The van der Waals surface area contributed by atoms with Gasteiger partial charge in [-0.3, -0.25) is 0 Å². The third kappa shape index (κ3) is 2.46. The van der Waals surface area contributed by atoms with Crippen LogP contribution in [0.15, 0.2) is 18.2 Å². The fourth-order valence-corrected chi connectivity index (χ4v) is 3.48. The number of rotatable bonds is 1. The van der Waals surface area contributed by atoms with Crippen molar-refractivity contribution in [3.05, 3.63) is 35.5 Å². The molecule has 122 valence electrons. The lowest BCUT2D eigenvalue weighted by Gasteiger charge is -2.41. The van der Waals surface area contributed by atoms with E-state index in [-0.39, 0.29) is 11.1 Å². The van der Waals surface area contributed by atoms with Crippen LogP contribution < -0.4 is 4.90 Å². The Morgan fingerprint density at radius 2 is 2.13 bits per heavy atom. The molecule has 2 aliphatic heterocycles. The van der Waals surface area contributed by atoms with Crippen LogP contribution in [0.2, 0.25) is 0 Å². The highest BCUT2D eigenvalue weighted by molar-refractivity contribution is 5.92. The van der Waals surface area contributed by atoms with Crippen molar-refractivity contribution in [3.8, 4) is 0 Å². The van der Waals surface area contributed by atoms with Gasteiger partial charge in [-0.1, -0.05) is 0 Å². The summed E-state index contributed by atoms with van der Waals surface area (Å²) in [6.07, 6.45) is 0.856. The number of ether oxygens (including phenoxy) is 2. The standard InChI is InChI=1S/C17H18F2N2O2/c1-11-8-14(12-2-3-13(18)15(19)16(12)20-11)21-5-7-23-17(9-21)4-6-22-10-17/h2-3,8H,4-7,9-10H2,1H3. The van der Waals surface area contributed by atoms with Crippen molar-refractivity contribution in [1.29, 1.82) is 0 Å². The summed E-state index contributed by atoms with van der Waals surface area (Å²) in [7, 11) is 0. The highest BCUT2D eigenvalue weighted by atomic mass is 19.2. The van der Waals surface area contributed by atoms with Gasteiger partial charge in [0.25, 0.3) is 0 Å². The normalized spacial score (nSPS) is 24.7. The van der Waals surface area contributed by atoms with Gasteiger partial charge in [-0.15, -0.1) is 0 Å². The number of halogens is 2. The van der Waals surface area contributed by atoms with Crippen LogP contribution in [0.3, 0.4) is 0 Å². The second kappa shape index (κ2) is 5.39. The maximum atomic E-state index is 14.1. The summed E-state index contributed by atoms with van der Waals surface area (Å²) in [5, 5.41) is 0.630. The number of benzene rings is 1. The molecule has 2 fully saturated rings. The second-order valence-corrected chi connectivity index (χ2v) is 6.30. The molecule has 1 aromatic carbocycles. The number of nitrogens with zero attached hydrogens (tertiary/aromatic N) is 2. The van der Waals surface area contributed by atoms with Gasteiger partial charge in [0.1, 0.15) is 11.1 Å². The summed E-state index contributed by atoms with van der Waals surface area (Å²) in [5.41, 5.74) is 1.34. The van der Waals surface area contributed by atoms with Crippen molar-refractivity contribution in [3.63, 3.8) is 0 Å². The molecule has 0 amide bonds. The number of hydrogen-bond acceptors (Lipinski definition) is 4. The van der Waals surface area contributed by atoms with Crippen LogP contribution in [0.1, 0.15) is 12.1 Å². The predicted octanol–water partition coefficient (Wildman–Crippen LogP) is 2.82. The van der Waals surface area contributed by atoms with E-state index >= 15 is 0 Å². The van der Waals surface area contributed by atoms with Gasteiger partial charge in [0.05, 0.1) is 13.2 Å². The Bertz CT molecular complexity index is 760. The Labute approximate surface area is 133 Å². The molecule has 2 aromatic rings. The van der Waals surface area contributed by atoms with Crippen LogP contribution in [-0.4, -0.2) is 43.5 Å². The zero-order chi connectivity index (χ0) is 16.0. The molecule has 1 atom stereocenters. The van der Waals surface area contributed by atoms with E-state index in [2.05, 4.69) is 9.88 Å². The van der Waals surface area contributed by atoms with Crippen molar-refractivity contribution in [2.24, 2.45) is 0 Å². The predicted molar refractivity (Wildman–Crippen MR) is 82.7 cm³/mol. The van der Waals surface area contributed by atoms with Crippen LogP contribution in [0, 0.1) is 18.6 Å². The molecule has 1 unspecified atom stereocenters. The minimum atomic E-state index is -0.889. The highest BCUT2D eigenvalue weighted by Crippen LogP contribution is 2.34. The highest BCUT2D eigenvalue weighted by Gasteiger charge is 2.40. The zero-order valence-electron chi connectivity index (χ0n) is 12.9. The summed E-state index contributed by atoms with van der Waals surface area (Å²) in [5.74, 6) is -1.76. The molecule has 0 aliphatic carbocycles. The Balaban J connectivity index is 1.80. The van der Waals surface area contributed by atoms with Gasteiger partial charge in [-0.05, 0) is 25.1 Å². The largest absolute Gasteiger partial charge is 0.378 e. The number of anilines is 1. The van der Waals surface area contributed by atoms with Gasteiger partial charge in [-0.2, -0.15) is 0 Å². The van der Waals surface area contributed by atoms with E-state index in [1.807, 2.05) is 6.07 Å². The average Bonchev–Trinajstić information content (AvgIpc) is 2.98.